The highest BCUT2D eigenvalue weighted by Crippen LogP contribution is 2.54. The van der Waals surface area contributed by atoms with Crippen LogP contribution in [-0.4, -0.2) is 25.3 Å². The van der Waals surface area contributed by atoms with Crippen molar-refractivity contribution < 1.29 is 19.4 Å². The minimum atomic E-state index is -0.771. The zero-order chi connectivity index (χ0) is 12.5. The van der Waals surface area contributed by atoms with Gasteiger partial charge in [0, 0.05) is 11.0 Å². The number of methoxy groups -OCH3 is 2. The molecule has 1 aliphatic carbocycles. The van der Waals surface area contributed by atoms with Gasteiger partial charge >= 0.3 is 5.97 Å². The minimum Gasteiger partial charge on any atom is -0.497 e. The lowest BCUT2D eigenvalue weighted by Crippen LogP contribution is -2.14. The predicted molar refractivity (Wildman–Crippen MR) is 62.7 cm³/mol. The van der Waals surface area contributed by atoms with Gasteiger partial charge in [-0.2, -0.15) is 0 Å². The average molecular weight is 236 g/mol. The highest BCUT2D eigenvalue weighted by molar-refractivity contribution is 5.70. The highest BCUT2D eigenvalue weighted by atomic mass is 16.5. The van der Waals surface area contributed by atoms with E-state index >= 15 is 0 Å². The summed E-state index contributed by atoms with van der Waals surface area (Å²) in [5.74, 6) is 0.703. The zero-order valence-corrected chi connectivity index (χ0v) is 10.0. The van der Waals surface area contributed by atoms with Gasteiger partial charge in [0.2, 0.25) is 0 Å². The fourth-order valence-corrected chi connectivity index (χ4v) is 2.21. The quantitative estimate of drug-likeness (QED) is 0.851. The van der Waals surface area contributed by atoms with Crippen molar-refractivity contribution >= 4 is 5.97 Å². The van der Waals surface area contributed by atoms with Crippen LogP contribution in [0.1, 0.15) is 24.8 Å². The first kappa shape index (κ1) is 11.8. The maximum atomic E-state index is 10.9. The standard InChI is InChI=1S/C13H16O4/c1-16-9-3-4-11(17-2)10(7-9)13(5-6-13)8-12(14)15/h3-4,7H,5-6,8H2,1-2H3,(H,14,15). The van der Waals surface area contributed by atoms with E-state index in [1.165, 1.54) is 0 Å². The van der Waals surface area contributed by atoms with E-state index in [0.29, 0.717) is 0 Å². The molecule has 0 aromatic heterocycles. The van der Waals surface area contributed by atoms with Gasteiger partial charge in [-0.05, 0) is 31.0 Å². The average Bonchev–Trinajstić information content (AvgIpc) is 3.08. The Kier molecular flexibility index (Phi) is 2.96. The van der Waals surface area contributed by atoms with Crippen molar-refractivity contribution in [3.05, 3.63) is 23.8 Å². The number of carboxylic acids is 1. The molecule has 0 amide bonds. The molecule has 1 aromatic carbocycles. The summed E-state index contributed by atoms with van der Waals surface area (Å²) in [5, 5.41) is 8.97. The second-order valence-corrected chi connectivity index (χ2v) is 4.42. The summed E-state index contributed by atoms with van der Waals surface area (Å²) in [6, 6.07) is 5.53. The number of rotatable bonds is 5. The third-order valence-corrected chi connectivity index (χ3v) is 3.32. The summed E-state index contributed by atoms with van der Waals surface area (Å²) in [4.78, 5) is 10.9. The van der Waals surface area contributed by atoms with Crippen LogP contribution in [0.5, 0.6) is 11.5 Å². The molecule has 0 spiro atoms. The Morgan fingerprint density at radius 2 is 2.06 bits per heavy atom. The van der Waals surface area contributed by atoms with E-state index in [-0.39, 0.29) is 11.8 Å². The van der Waals surface area contributed by atoms with Crippen LogP contribution >= 0.6 is 0 Å². The molecule has 17 heavy (non-hydrogen) atoms. The lowest BCUT2D eigenvalue weighted by molar-refractivity contribution is -0.137. The SMILES string of the molecule is COc1ccc(OC)c(C2(CC(=O)O)CC2)c1. The van der Waals surface area contributed by atoms with E-state index in [1.807, 2.05) is 18.2 Å². The normalized spacial score (nSPS) is 16.4. The van der Waals surface area contributed by atoms with Crippen molar-refractivity contribution in [2.75, 3.05) is 14.2 Å². The van der Waals surface area contributed by atoms with Gasteiger partial charge in [0.15, 0.2) is 0 Å². The number of hydrogen-bond acceptors (Lipinski definition) is 3. The van der Waals surface area contributed by atoms with E-state index in [1.54, 1.807) is 14.2 Å². The molecule has 0 bridgehead atoms. The van der Waals surface area contributed by atoms with Crippen LogP contribution in [0.2, 0.25) is 0 Å². The Hall–Kier alpha value is -1.71. The third-order valence-electron chi connectivity index (χ3n) is 3.32. The zero-order valence-electron chi connectivity index (χ0n) is 10.0. The second kappa shape index (κ2) is 4.28. The number of ether oxygens (including phenoxy) is 2. The van der Waals surface area contributed by atoms with E-state index in [9.17, 15) is 4.79 Å². The van der Waals surface area contributed by atoms with Crippen molar-refractivity contribution in [2.45, 2.75) is 24.7 Å². The summed E-state index contributed by atoms with van der Waals surface area (Å²) in [5.41, 5.74) is 0.688. The Morgan fingerprint density at radius 3 is 2.53 bits per heavy atom. The Morgan fingerprint density at radius 1 is 1.35 bits per heavy atom. The maximum Gasteiger partial charge on any atom is 0.304 e. The molecule has 0 radical (unpaired) electrons. The summed E-state index contributed by atoms with van der Waals surface area (Å²) < 4.78 is 10.5. The molecule has 0 atom stereocenters. The number of carbonyl (C=O) groups is 1. The number of carboxylic acid groups (broad SMARTS) is 1. The largest absolute Gasteiger partial charge is 0.497 e. The fourth-order valence-electron chi connectivity index (χ4n) is 2.21. The topological polar surface area (TPSA) is 55.8 Å². The summed E-state index contributed by atoms with van der Waals surface area (Å²) in [6.45, 7) is 0. The van der Waals surface area contributed by atoms with Crippen LogP contribution < -0.4 is 9.47 Å². The molecule has 92 valence electrons. The first-order valence-corrected chi connectivity index (χ1v) is 5.55. The van der Waals surface area contributed by atoms with Crippen LogP contribution in [0.15, 0.2) is 18.2 Å². The van der Waals surface area contributed by atoms with Crippen molar-refractivity contribution in [3.8, 4) is 11.5 Å². The van der Waals surface area contributed by atoms with Gasteiger partial charge in [-0.3, -0.25) is 4.79 Å². The Bertz CT molecular complexity index is 435. The molecule has 1 saturated carbocycles. The van der Waals surface area contributed by atoms with Crippen LogP contribution in [0.3, 0.4) is 0 Å². The first-order chi connectivity index (χ1) is 8.11. The monoisotopic (exact) mass is 236 g/mol. The highest BCUT2D eigenvalue weighted by Gasteiger charge is 2.47. The molecule has 1 aliphatic rings. The van der Waals surface area contributed by atoms with Gasteiger partial charge in [0.25, 0.3) is 0 Å². The van der Waals surface area contributed by atoms with Gasteiger partial charge in [-0.25, -0.2) is 0 Å². The minimum absolute atomic E-state index is 0.149. The first-order valence-electron chi connectivity index (χ1n) is 5.55. The molecular weight excluding hydrogens is 220 g/mol. The summed E-state index contributed by atoms with van der Waals surface area (Å²) in [6.07, 6.45) is 1.93. The maximum absolute atomic E-state index is 10.9. The van der Waals surface area contributed by atoms with Gasteiger partial charge in [0.1, 0.15) is 11.5 Å². The Labute approximate surface area is 100 Å². The van der Waals surface area contributed by atoms with E-state index in [0.717, 1.165) is 29.9 Å². The number of hydrogen-bond donors (Lipinski definition) is 1. The summed E-state index contributed by atoms with van der Waals surface area (Å²) >= 11 is 0. The third kappa shape index (κ3) is 2.20. The Balaban J connectivity index is 2.39. The molecule has 0 unspecified atom stereocenters. The van der Waals surface area contributed by atoms with E-state index in [2.05, 4.69) is 0 Å². The summed E-state index contributed by atoms with van der Waals surface area (Å²) in [7, 11) is 3.20. The van der Waals surface area contributed by atoms with Crippen LogP contribution in [0, 0.1) is 0 Å². The van der Waals surface area contributed by atoms with Gasteiger partial charge in [-0.1, -0.05) is 0 Å². The van der Waals surface area contributed by atoms with Crippen molar-refractivity contribution in [1.82, 2.24) is 0 Å². The van der Waals surface area contributed by atoms with Gasteiger partial charge in [-0.15, -0.1) is 0 Å². The molecule has 2 rings (SSSR count). The van der Waals surface area contributed by atoms with Crippen LogP contribution in [0.25, 0.3) is 0 Å². The van der Waals surface area contributed by atoms with E-state index < -0.39 is 5.97 Å². The number of benzene rings is 1. The fraction of sp³-hybridized carbons (Fsp3) is 0.462. The van der Waals surface area contributed by atoms with Gasteiger partial charge in [0.05, 0.1) is 20.6 Å². The molecule has 4 nitrogen and oxygen atoms in total. The molecule has 0 heterocycles. The molecule has 1 aromatic rings. The predicted octanol–water partition coefficient (Wildman–Crippen LogP) is 2.21. The van der Waals surface area contributed by atoms with Crippen LogP contribution in [-0.2, 0) is 10.2 Å². The smallest absolute Gasteiger partial charge is 0.304 e. The lowest BCUT2D eigenvalue weighted by Gasteiger charge is -2.17. The molecule has 0 saturated heterocycles. The number of aliphatic carboxylic acids is 1. The second-order valence-electron chi connectivity index (χ2n) is 4.42. The van der Waals surface area contributed by atoms with Crippen molar-refractivity contribution in [3.63, 3.8) is 0 Å². The molecular formula is C13H16O4. The lowest BCUT2D eigenvalue weighted by atomic mass is 9.91. The molecule has 4 heteroatoms. The van der Waals surface area contributed by atoms with Gasteiger partial charge < -0.3 is 14.6 Å². The van der Waals surface area contributed by atoms with E-state index in [4.69, 9.17) is 14.6 Å². The molecule has 0 aliphatic heterocycles. The van der Waals surface area contributed by atoms with Crippen molar-refractivity contribution in [1.29, 1.82) is 0 Å². The van der Waals surface area contributed by atoms with Crippen LogP contribution in [0.4, 0.5) is 0 Å². The van der Waals surface area contributed by atoms with Crippen molar-refractivity contribution in [2.24, 2.45) is 0 Å². The molecule has 1 N–H and O–H groups in total. The molecule has 1 fully saturated rings.